The molecule has 0 aliphatic carbocycles. The van der Waals surface area contributed by atoms with Crippen LogP contribution < -0.4 is 0 Å². The molecule has 1 atom stereocenters. The number of aromatic nitrogens is 1. The predicted molar refractivity (Wildman–Crippen MR) is 62.4 cm³/mol. The number of thioether (sulfide) groups is 1. The maximum absolute atomic E-state index is 11.2. The summed E-state index contributed by atoms with van der Waals surface area (Å²) in [5.74, 6) is 0.917. The van der Waals surface area contributed by atoms with Gasteiger partial charge in [0, 0.05) is 23.6 Å². The number of aromatic carboxylic acids is 1. The number of carboxylic acids is 1. The first kappa shape index (κ1) is 11.3. The third-order valence-electron chi connectivity index (χ3n) is 2.77. The van der Waals surface area contributed by atoms with Crippen LogP contribution in [0, 0.1) is 0 Å². The van der Waals surface area contributed by atoms with Crippen LogP contribution in [0.1, 0.15) is 40.2 Å². The van der Waals surface area contributed by atoms with Gasteiger partial charge in [0.1, 0.15) is 5.69 Å². The van der Waals surface area contributed by atoms with Gasteiger partial charge in [-0.15, -0.1) is 0 Å². The Morgan fingerprint density at radius 1 is 1.56 bits per heavy atom. The molecule has 1 N–H and O–H groups in total. The quantitative estimate of drug-likeness (QED) is 0.820. The number of rotatable bonds is 3. The molecule has 0 amide bonds. The van der Waals surface area contributed by atoms with Crippen LogP contribution in [0.5, 0.6) is 0 Å². The summed E-state index contributed by atoms with van der Waals surface area (Å²) in [7, 11) is 0. The van der Waals surface area contributed by atoms with E-state index in [0.717, 1.165) is 17.9 Å². The molecule has 4 nitrogen and oxygen atoms in total. The number of ketones is 1. The molecule has 1 aromatic rings. The number of hydrogen-bond acceptors (Lipinski definition) is 3. The summed E-state index contributed by atoms with van der Waals surface area (Å²) in [6, 6.07) is 1.68. The Kier molecular flexibility index (Phi) is 3.05. The molecule has 5 heteroatoms. The maximum Gasteiger partial charge on any atom is 0.352 e. The lowest BCUT2D eigenvalue weighted by atomic mass is 10.2. The van der Waals surface area contributed by atoms with Crippen molar-refractivity contribution in [2.75, 3.05) is 11.5 Å². The Labute approximate surface area is 97.6 Å². The van der Waals surface area contributed by atoms with Crippen molar-refractivity contribution < 1.29 is 14.7 Å². The molecular formula is C11H13NO3S. The van der Waals surface area contributed by atoms with Crippen molar-refractivity contribution in [3.63, 3.8) is 0 Å². The average Bonchev–Trinajstić information content (AvgIpc) is 2.86. The first-order valence-corrected chi connectivity index (χ1v) is 6.29. The minimum Gasteiger partial charge on any atom is -0.477 e. The second kappa shape index (κ2) is 4.33. The van der Waals surface area contributed by atoms with Crippen LogP contribution >= 0.6 is 11.8 Å². The van der Waals surface area contributed by atoms with E-state index in [2.05, 4.69) is 0 Å². The second-order valence-electron chi connectivity index (χ2n) is 3.90. The van der Waals surface area contributed by atoms with Crippen molar-refractivity contribution in [1.29, 1.82) is 0 Å². The molecule has 2 rings (SSSR count). The van der Waals surface area contributed by atoms with Gasteiger partial charge < -0.3 is 9.67 Å². The summed E-state index contributed by atoms with van der Waals surface area (Å²) in [6.45, 7) is 1.45. The number of Topliss-reactive ketones (excluding diaryl/α,β-unsaturated/α-hetero) is 1. The lowest BCUT2D eigenvalue weighted by Crippen LogP contribution is -2.13. The van der Waals surface area contributed by atoms with Crippen LogP contribution in [0.4, 0.5) is 0 Å². The van der Waals surface area contributed by atoms with Gasteiger partial charge in [-0.2, -0.15) is 11.8 Å². The fraction of sp³-hybridized carbons (Fsp3) is 0.455. The number of carbonyl (C=O) groups is 2. The second-order valence-corrected chi connectivity index (χ2v) is 5.05. The van der Waals surface area contributed by atoms with Gasteiger partial charge in [0.15, 0.2) is 5.78 Å². The largest absolute Gasteiger partial charge is 0.477 e. The van der Waals surface area contributed by atoms with Gasteiger partial charge in [0.25, 0.3) is 0 Å². The number of carbonyl (C=O) groups excluding carboxylic acids is 1. The zero-order chi connectivity index (χ0) is 11.7. The van der Waals surface area contributed by atoms with Crippen molar-refractivity contribution in [3.05, 3.63) is 23.5 Å². The Bertz CT molecular complexity index is 432. The molecule has 1 aliphatic rings. The van der Waals surface area contributed by atoms with Crippen LogP contribution in [0.2, 0.25) is 0 Å². The lowest BCUT2D eigenvalue weighted by Gasteiger charge is -2.12. The molecule has 1 aliphatic heterocycles. The highest BCUT2D eigenvalue weighted by Crippen LogP contribution is 2.30. The summed E-state index contributed by atoms with van der Waals surface area (Å²) in [5, 5.41) is 9.08. The Morgan fingerprint density at radius 3 is 2.81 bits per heavy atom. The molecular weight excluding hydrogens is 226 g/mol. The van der Waals surface area contributed by atoms with Gasteiger partial charge in [0.05, 0.1) is 0 Å². The van der Waals surface area contributed by atoms with Gasteiger partial charge in [-0.05, 0) is 25.2 Å². The highest BCUT2D eigenvalue weighted by Gasteiger charge is 2.23. The van der Waals surface area contributed by atoms with Crippen LogP contribution in [-0.2, 0) is 0 Å². The topological polar surface area (TPSA) is 59.3 Å². The predicted octanol–water partition coefficient (Wildman–Crippen LogP) is 2.07. The fourth-order valence-electron chi connectivity index (χ4n) is 1.89. The zero-order valence-corrected chi connectivity index (χ0v) is 9.79. The summed E-state index contributed by atoms with van der Waals surface area (Å²) in [6.07, 6.45) is 2.64. The Balaban J connectivity index is 2.40. The third kappa shape index (κ3) is 2.00. The first-order valence-electron chi connectivity index (χ1n) is 5.13. The standard InChI is InChI=1S/C11H13NO3S/c1-7(13)8-4-10(11(14)15)12(5-8)9-2-3-16-6-9/h4-5,9H,2-3,6H2,1H3,(H,14,15). The number of hydrogen-bond donors (Lipinski definition) is 1. The normalized spacial score (nSPS) is 19.9. The highest BCUT2D eigenvalue weighted by molar-refractivity contribution is 7.99. The van der Waals surface area contributed by atoms with E-state index < -0.39 is 5.97 Å². The van der Waals surface area contributed by atoms with Crippen LogP contribution in [0.25, 0.3) is 0 Å². The summed E-state index contributed by atoms with van der Waals surface area (Å²) < 4.78 is 1.74. The van der Waals surface area contributed by atoms with Gasteiger partial charge in [-0.3, -0.25) is 4.79 Å². The third-order valence-corrected chi connectivity index (χ3v) is 3.92. The first-order chi connectivity index (χ1) is 7.59. The van der Waals surface area contributed by atoms with Crippen molar-refractivity contribution in [2.45, 2.75) is 19.4 Å². The molecule has 0 aromatic carbocycles. The van der Waals surface area contributed by atoms with Crippen molar-refractivity contribution in [3.8, 4) is 0 Å². The van der Waals surface area contributed by atoms with E-state index in [-0.39, 0.29) is 17.5 Å². The molecule has 1 saturated heterocycles. The van der Waals surface area contributed by atoms with Gasteiger partial charge in [0.2, 0.25) is 0 Å². The molecule has 0 spiro atoms. The number of carboxylic acid groups (broad SMARTS) is 1. The van der Waals surface area contributed by atoms with E-state index >= 15 is 0 Å². The monoisotopic (exact) mass is 239 g/mol. The SMILES string of the molecule is CC(=O)c1cc(C(=O)O)n(C2CCSC2)c1. The minimum absolute atomic E-state index is 0.0908. The van der Waals surface area contributed by atoms with E-state index in [1.807, 2.05) is 11.8 Å². The van der Waals surface area contributed by atoms with Crippen LogP contribution in [0.3, 0.4) is 0 Å². The van der Waals surface area contributed by atoms with E-state index in [4.69, 9.17) is 5.11 Å². The zero-order valence-electron chi connectivity index (χ0n) is 8.97. The summed E-state index contributed by atoms with van der Waals surface area (Å²) in [4.78, 5) is 22.3. The molecule has 2 heterocycles. The summed E-state index contributed by atoms with van der Waals surface area (Å²) in [5.41, 5.74) is 0.701. The lowest BCUT2D eigenvalue weighted by molar-refractivity contribution is 0.0683. The molecule has 16 heavy (non-hydrogen) atoms. The molecule has 1 unspecified atom stereocenters. The van der Waals surface area contributed by atoms with E-state index in [1.54, 1.807) is 10.8 Å². The molecule has 86 valence electrons. The van der Waals surface area contributed by atoms with Gasteiger partial charge in [-0.25, -0.2) is 4.79 Å². The average molecular weight is 239 g/mol. The van der Waals surface area contributed by atoms with Gasteiger partial charge in [-0.1, -0.05) is 0 Å². The molecule has 1 aromatic heterocycles. The molecule has 0 radical (unpaired) electrons. The molecule has 0 saturated carbocycles. The van der Waals surface area contributed by atoms with E-state index in [1.165, 1.54) is 13.0 Å². The van der Waals surface area contributed by atoms with Crippen LogP contribution in [0.15, 0.2) is 12.3 Å². The van der Waals surface area contributed by atoms with Crippen LogP contribution in [-0.4, -0.2) is 32.9 Å². The summed E-state index contributed by atoms with van der Waals surface area (Å²) >= 11 is 1.82. The van der Waals surface area contributed by atoms with Crippen molar-refractivity contribution in [2.24, 2.45) is 0 Å². The smallest absolute Gasteiger partial charge is 0.352 e. The minimum atomic E-state index is -0.968. The molecule has 1 fully saturated rings. The number of nitrogens with zero attached hydrogens (tertiary/aromatic N) is 1. The van der Waals surface area contributed by atoms with E-state index in [9.17, 15) is 9.59 Å². The van der Waals surface area contributed by atoms with Crippen molar-refractivity contribution >= 4 is 23.5 Å². The maximum atomic E-state index is 11.2. The van der Waals surface area contributed by atoms with Gasteiger partial charge >= 0.3 is 5.97 Å². The Hall–Kier alpha value is -1.23. The molecule has 0 bridgehead atoms. The highest BCUT2D eigenvalue weighted by atomic mass is 32.2. The fourth-order valence-corrected chi connectivity index (χ4v) is 3.09. The van der Waals surface area contributed by atoms with E-state index in [0.29, 0.717) is 5.56 Å². The Morgan fingerprint density at radius 2 is 2.31 bits per heavy atom. The van der Waals surface area contributed by atoms with Crippen molar-refractivity contribution in [1.82, 2.24) is 4.57 Å².